The molecule has 0 saturated heterocycles. The molecule has 0 aromatic heterocycles. The highest BCUT2D eigenvalue weighted by molar-refractivity contribution is 6.21. The maximum Gasteiger partial charge on any atom is 0.171 e. The Kier molecular flexibility index (Phi) is 3.22. The van der Waals surface area contributed by atoms with Gasteiger partial charge in [0, 0.05) is 30.9 Å². The summed E-state index contributed by atoms with van der Waals surface area (Å²) in [6.45, 7) is 0. The molecule has 106 valence electrons. The number of Topliss-reactive ketones (excluding diaryl/α,β-unsaturated/α-hetero) is 1. The first-order valence-electron chi connectivity index (χ1n) is 6.76. The van der Waals surface area contributed by atoms with Gasteiger partial charge in [-0.25, -0.2) is 0 Å². The number of aliphatic imine (C=N–C) groups is 1. The summed E-state index contributed by atoms with van der Waals surface area (Å²) >= 11 is 0. The molecule has 0 aliphatic carbocycles. The lowest BCUT2D eigenvalue weighted by Crippen LogP contribution is -2.16. The molecule has 0 spiro atoms. The number of phenols is 1. The van der Waals surface area contributed by atoms with E-state index in [0.29, 0.717) is 17.0 Å². The van der Waals surface area contributed by atoms with Crippen LogP contribution < -0.4 is 4.90 Å². The second kappa shape index (κ2) is 5.05. The smallest absolute Gasteiger partial charge is 0.171 e. The Morgan fingerprint density at radius 3 is 2.67 bits per heavy atom. The number of fused-ring (bicyclic) bond motifs is 1. The summed E-state index contributed by atoms with van der Waals surface area (Å²) < 4.78 is 0. The number of rotatable bonds is 2. The second-order valence-electron chi connectivity index (χ2n) is 5.30. The summed E-state index contributed by atoms with van der Waals surface area (Å²) in [6, 6.07) is 12.5. The number of phenolic OH excluding ortho intramolecular Hbond substituents is 1. The molecule has 1 aliphatic heterocycles. The number of ketones is 1. The van der Waals surface area contributed by atoms with E-state index in [2.05, 4.69) is 4.99 Å². The van der Waals surface area contributed by atoms with Crippen molar-refractivity contribution in [2.45, 2.75) is 6.42 Å². The van der Waals surface area contributed by atoms with Crippen molar-refractivity contribution in [3.8, 4) is 5.75 Å². The van der Waals surface area contributed by atoms with Gasteiger partial charge in [-0.05, 0) is 30.3 Å². The maximum absolute atomic E-state index is 12.4. The number of nitrogens with zero attached hydrogens (tertiary/aromatic N) is 2. The van der Waals surface area contributed by atoms with E-state index in [9.17, 15) is 9.90 Å². The topological polar surface area (TPSA) is 52.9 Å². The summed E-state index contributed by atoms with van der Waals surface area (Å²) in [7, 11) is 3.88. The van der Waals surface area contributed by atoms with Gasteiger partial charge in [0.1, 0.15) is 5.75 Å². The van der Waals surface area contributed by atoms with E-state index >= 15 is 0 Å². The van der Waals surface area contributed by atoms with Gasteiger partial charge in [0.25, 0.3) is 0 Å². The third-order valence-electron chi connectivity index (χ3n) is 3.56. The van der Waals surface area contributed by atoms with Crippen LogP contribution in [-0.2, 0) is 0 Å². The molecule has 2 aromatic rings. The molecular formula is C17H16N2O2. The van der Waals surface area contributed by atoms with Crippen molar-refractivity contribution in [3.05, 3.63) is 53.6 Å². The number of hydrogen-bond acceptors (Lipinski definition) is 4. The normalized spacial score (nSPS) is 13.6. The molecule has 2 aromatic carbocycles. The van der Waals surface area contributed by atoms with Crippen LogP contribution in [0.15, 0.2) is 47.5 Å². The van der Waals surface area contributed by atoms with Gasteiger partial charge in [0.2, 0.25) is 0 Å². The minimum absolute atomic E-state index is 0.0574. The van der Waals surface area contributed by atoms with Crippen molar-refractivity contribution >= 4 is 22.9 Å². The highest BCUT2D eigenvalue weighted by Crippen LogP contribution is 2.31. The standard InChI is InChI=1S/C17H16N2O2/c1-19(2)12-6-7-15-14(9-12)17(21)10-16(18-15)11-4-3-5-13(20)8-11/h3-9,20H,10H2,1-2H3. The first kappa shape index (κ1) is 13.4. The van der Waals surface area contributed by atoms with Gasteiger partial charge in [-0.1, -0.05) is 12.1 Å². The largest absolute Gasteiger partial charge is 0.508 e. The highest BCUT2D eigenvalue weighted by Gasteiger charge is 2.21. The lowest BCUT2D eigenvalue weighted by molar-refractivity contribution is 0.1000. The lowest BCUT2D eigenvalue weighted by Gasteiger charge is -2.18. The molecule has 4 nitrogen and oxygen atoms in total. The average molecular weight is 280 g/mol. The number of aromatic hydroxyl groups is 1. The molecule has 0 amide bonds. The highest BCUT2D eigenvalue weighted by atomic mass is 16.3. The van der Waals surface area contributed by atoms with Crippen LogP contribution >= 0.6 is 0 Å². The number of carbonyl (C=O) groups is 1. The molecule has 0 bridgehead atoms. The molecule has 1 heterocycles. The van der Waals surface area contributed by atoms with Crippen molar-refractivity contribution in [1.82, 2.24) is 0 Å². The molecule has 1 aliphatic rings. The summed E-state index contributed by atoms with van der Waals surface area (Å²) in [6.07, 6.45) is 0.257. The minimum atomic E-state index is 0.0574. The van der Waals surface area contributed by atoms with Gasteiger partial charge >= 0.3 is 0 Å². The zero-order chi connectivity index (χ0) is 15.0. The molecule has 0 saturated carbocycles. The van der Waals surface area contributed by atoms with E-state index in [1.54, 1.807) is 18.2 Å². The third kappa shape index (κ3) is 2.52. The van der Waals surface area contributed by atoms with Crippen LogP contribution in [0.5, 0.6) is 5.75 Å². The first-order chi connectivity index (χ1) is 10.0. The van der Waals surface area contributed by atoms with E-state index in [1.807, 2.05) is 43.3 Å². The van der Waals surface area contributed by atoms with Crippen LogP contribution in [-0.4, -0.2) is 30.7 Å². The average Bonchev–Trinajstić information content (AvgIpc) is 2.46. The van der Waals surface area contributed by atoms with E-state index in [-0.39, 0.29) is 18.0 Å². The first-order valence-corrected chi connectivity index (χ1v) is 6.76. The van der Waals surface area contributed by atoms with Gasteiger partial charge in [-0.15, -0.1) is 0 Å². The van der Waals surface area contributed by atoms with Crippen molar-refractivity contribution < 1.29 is 9.90 Å². The lowest BCUT2D eigenvalue weighted by atomic mass is 9.95. The molecular weight excluding hydrogens is 264 g/mol. The SMILES string of the molecule is CN(C)c1ccc2c(c1)C(=O)CC(c1cccc(O)c1)=N2. The Balaban J connectivity index is 2.06. The summed E-state index contributed by atoms with van der Waals surface area (Å²) in [5.74, 6) is 0.235. The van der Waals surface area contributed by atoms with Gasteiger partial charge in [0.15, 0.2) is 5.78 Å². The van der Waals surface area contributed by atoms with E-state index in [1.165, 1.54) is 0 Å². The van der Waals surface area contributed by atoms with Crippen LogP contribution in [0.4, 0.5) is 11.4 Å². The predicted molar refractivity (Wildman–Crippen MR) is 84.0 cm³/mol. The van der Waals surface area contributed by atoms with Gasteiger partial charge in [0.05, 0.1) is 17.8 Å². The molecule has 0 fully saturated rings. The minimum Gasteiger partial charge on any atom is -0.508 e. The Morgan fingerprint density at radius 2 is 1.95 bits per heavy atom. The molecule has 0 atom stereocenters. The van der Waals surface area contributed by atoms with Crippen molar-refractivity contribution in [3.63, 3.8) is 0 Å². The number of hydrogen-bond donors (Lipinski definition) is 1. The zero-order valence-electron chi connectivity index (χ0n) is 12.0. The Bertz CT molecular complexity index is 748. The third-order valence-corrected chi connectivity index (χ3v) is 3.56. The van der Waals surface area contributed by atoms with Gasteiger partial charge in [-0.3, -0.25) is 9.79 Å². The fourth-order valence-electron chi connectivity index (χ4n) is 2.41. The monoisotopic (exact) mass is 280 g/mol. The van der Waals surface area contributed by atoms with Crippen molar-refractivity contribution in [2.75, 3.05) is 19.0 Å². The maximum atomic E-state index is 12.4. The predicted octanol–water partition coefficient (Wildman–Crippen LogP) is 3.17. The molecule has 3 rings (SSSR count). The van der Waals surface area contributed by atoms with Gasteiger partial charge in [-0.2, -0.15) is 0 Å². The Hall–Kier alpha value is -2.62. The molecule has 4 heteroatoms. The molecule has 0 radical (unpaired) electrons. The Labute approximate surface area is 123 Å². The van der Waals surface area contributed by atoms with Crippen molar-refractivity contribution in [2.24, 2.45) is 4.99 Å². The van der Waals surface area contributed by atoms with Crippen LogP contribution in [0.2, 0.25) is 0 Å². The zero-order valence-corrected chi connectivity index (χ0v) is 12.0. The van der Waals surface area contributed by atoms with Crippen LogP contribution in [0.3, 0.4) is 0 Å². The quantitative estimate of drug-likeness (QED) is 0.919. The summed E-state index contributed by atoms with van der Waals surface area (Å²) in [5, 5.41) is 9.56. The fourth-order valence-corrected chi connectivity index (χ4v) is 2.41. The molecule has 1 N–H and O–H groups in total. The van der Waals surface area contributed by atoms with Crippen LogP contribution in [0.25, 0.3) is 0 Å². The van der Waals surface area contributed by atoms with Crippen LogP contribution in [0.1, 0.15) is 22.3 Å². The molecule has 21 heavy (non-hydrogen) atoms. The van der Waals surface area contributed by atoms with Crippen LogP contribution in [0, 0.1) is 0 Å². The number of anilines is 1. The fraction of sp³-hybridized carbons (Fsp3) is 0.176. The summed E-state index contributed by atoms with van der Waals surface area (Å²) in [5.41, 5.74) is 3.81. The van der Waals surface area contributed by atoms with Crippen molar-refractivity contribution in [1.29, 1.82) is 0 Å². The van der Waals surface area contributed by atoms with E-state index < -0.39 is 0 Å². The Morgan fingerprint density at radius 1 is 1.14 bits per heavy atom. The van der Waals surface area contributed by atoms with Gasteiger partial charge < -0.3 is 10.0 Å². The number of carbonyl (C=O) groups excluding carboxylic acids is 1. The second-order valence-corrected chi connectivity index (χ2v) is 5.30. The van der Waals surface area contributed by atoms with E-state index in [4.69, 9.17) is 0 Å². The molecule has 0 unspecified atom stereocenters. The van der Waals surface area contributed by atoms with E-state index in [0.717, 1.165) is 11.3 Å². The summed E-state index contributed by atoms with van der Waals surface area (Å²) in [4.78, 5) is 18.9. The number of benzene rings is 2.